The van der Waals surface area contributed by atoms with E-state index in [4.69, 9.17) is 4.74 Å². The number of ether oxygens (including phenoxy) is 1. The lowest BCUT2D eigenvalue weighted by Crippen LogP contribution is -1.97. The van der Waals surface area contributed by atoms with E-state index in [0.717, 1.165) is 29.7 Å². The second-order valence-electron chi connectivity index (χ2n) is 5.17. The van der Waals surface area contributed by atoms with Crippen LogP contribution in [0.2, 0.25) is 0 Å². The number of H-pyrrole nitrogens is 1. The number of nitrogens with zero attached hydrogens (tertiary/aromatic N) is 1. The monoisotopic (exact) mass is 280 g/mol. The van der Waals surface area contributed by atoms with Crippen LogP contribution in [-0.4, -0.2) is 23.7 Å². The van der Waals surface area contributed by atoms with Gasteiger partial charge in [0.15, 0.2) is 0 Å². The van der Waals surface area contributed by atoms with Crippen LogP contribution in [0.25, 0.3) is 22.3 Å². The summed E-state index contributed by atoms with van der Waals surface area (Å²) >= 11 is 0. The summed E-state index contributed by atoms with van der Waals surface area (Å²) in [6.45, 7) is 2.85. The van der Waals surface area contributed by atoms with Gasteiger partial charge in [0.1, 0.15) is 0 Å². The van der Waals surface area contributed by atoms with E-state index in [1.165, 1.54) is 16.5 Å². The maximum absolute atomic E-state index is 5.26. The summed E-state index contributed by atoms with van der Waals surface area (Å²) in [5, 5.41) is 1.26. The Labute approximate surface area is 125 Å². The Balaban J connectivity index is 2.10. The molecule has 1 N–H and O–H groups in total. The van der Waals surface area contributed by atoms with Crippen molar-refractivity contribution in [1.82, 2.24) is 9.97 Å². The highest BCUT2D eigenvalue weighted by molar-refractivity contribution is 5.90. The van der Waals surface area contributed by atoms with E-state index >= 15 is 0 Å². The maximum Gasteiger partial charge on any atom is 0.0867 e. The smallest absolute Gasteiger partial charge is 0.0867 e. The van der Waals surface area contributed by atoms with Crippen LogP contribution in [-0.2, 0) is 17.6 Å². The first-order chi connectivity index (χ1) is 10.3. The van der Waals surface area contributed by atoms with E-state index in [1.54, 1.807) is 7.11 Å². The minimum Gasteiger partial charge on any atom is -0.384 e. The average molecular weight is 280 g/mol. The van der Waals surface area contributed by atoms with Crippen LogP contribution in [0, 0.1) is 0 Å². The van der Waals surface area contributed by atoms with E-state index in [2.05, 4.69) is 53.3 Å². The lowest BCUT2D eigenvalue weighted by molar-refractivity contribution is 0.202. The highest BCUT2D eigenvalue weighted by Crippen LogP contribution is 2.29. The summed E-state index contributed by atoms with van der Waals surface area (Å²) in [5.41, 5.74) is 5.79. The van der Waals surface area contributed by atoms with Crippen molar-refractivity contribution >= 4 is 10.9 Å². The van der Waals surface area contributed by atoms with Gasteiger partial charge in [0.05, 0.1) is 18.0 Å². The van der Waals surface area contributed by atoms with Crippen molar-refractivity contribution in [1.29, 1.82) is 0 Å². The van der Waals surface area contributed by atoms with Crippen LogP contribution < -0.4 is 0 Å². The van der Waals surface area contributed by atoms with Crippen molar-refractivity contribution in [3.05, 3.63) is 53.7 Å². The fourth-order valence-corrected chi connectivity index (χ4v) is 2.66. The molecule has 0 saturated carbocycles. The van der Waals surface area contributed by atoms with Crippen LogP contribution >= 0.6 is 0 Å². The molecular formula is C18H20N2O. The number of hydrogen-bond donors (Lipinski definition) is 1. The molecule has 0 amide bonds. The van der Waals surface area contributed by atoms with Crippen LogP contribution in [0.1, 0.15) is 18.1 Å². The zero-order valence-electron chi connectivity index (χ0n) is 12.5. The van der Waals surface area contributed by atoms with Gasteiger partial charge < -0.3 is 9.72 Å². The standard InChI is InChI=1S/C18H20N2O/c1-3-13-8-9-17(19-12-13)18-15(10-11-21-2)14-6-4-5-7-16(14)20-18/h4-9,12,20H,3,10-11H2,1-2H3. The Hall–Kier alpha value is -2.13. The molecule has 0 spiro atoms. The maximum atomic E-state index is 5.26. The molecule has 0 atom stereocenters. The summed E-state index contributed by atoms with van der Waals surface area (Å²) in [7, 11) is 1.74. The van der Waals surface area contributed by atoms with Gasteiger partial charge in [-0.1, -0.05) is 31.2 Å². The van der Waals surface area contributed by atoms with Gasteiger partial charge in [-0.05, 0) is 36.1 Å². The first kappa shape index (κ1) is 13.8. The predicted octanol–water partition coefficient (Wildman–Crippen LogP) is 3.98. The number of aromatic amines is 1. The molecule has 0 radical (unpaired) electrons. The van der Waals surface area contributed by atoms with Crippen LogP contribution in [0.5, 0.6) is 0 Å². The Morgan fingerprint density at radius 3 is 2.71 bits per heavy atom. The number of rotatable bonds is 5. The Morgan fingerprint density at radius 2 is 2.00 bits per heavy atom. The van der Waals surface area contributed by atoms with Crippen LogP contribution in [0.3, 0.4) is 0 Å². The predicted molar refractivity (Wildman–Crippen MR) is 86.5 cm³/mol. The van der Waals surface area contributed by atoms with Gasteiger partial charge in [-0.15, -0.1) is 0 Å². The van der Waals surface area contributed by atoms with Gasteiger partial charge in [-0.2, -0.15) is 0 Å². The van der Waals surface area contributed by atoms with Crippen molar-refractivity contribution < 1.29 is 4.74 Å². The van der Waals surface area contributed by atoms with Crippen molar-refractivity contribution in [2.75, 3.05) is 13.7 Å². The highest BCUT2D eigenvalue weighted by Gasteiger charge is 2.13. The molecule has 0 bridgehead atoms. The van der Waals surface area contributed by atoms with Gasteiger partial charge in [0.25, 0.3) is 0 Å². The number of methoxy groups -OCH3 is 1. The molecule has 3 nitrogen and oxygen atoms in total. The molecule has 1 aromatic carbocycles. The molecule has 2 heterocycles. The third-order valence-corrected chi connectivity index (χ3v) is 3.86. The number of para-hydroxylation sites is 1. The fraction of sp³-hybridized carbons (Fsp3) is 0.278. The van der Waals surface area contributed by atoms with Crippen LogP contribution in [0.4, 0.5) is 0 Å². The Kier molecular flexibility index (Phi) is 4.02. The highest BCUT2D eigenvalue weighted by atomic mass is 16.5. The summed E-state index contributed by atoms with van der Waals surface area (Å²) in [6, 6.07) is 12.6. The molecule has 3 rings (SSSR count). The zero-order chi connectivity index (χ0) is 14.7. The SMILES string of the molecule is CCc1ccc(-c2[nH]c3ccccc3c2CCOC)nc1. The number of aryl methyl sites for hydroxylation is 1. The number of aromatic nitrogens is 2. The zero-order valence-corrected chi connectivity index (χ0v) is 12.5. The summed E-state index contributed by atoms with van der Waals surface area (Å²) in [6.07, 6.45) is 3.85. The van der Waals surface area contributed by atoms with Crippen LogP contribution in [0.15, 0.2) is 42.6 Å². The lowest BCUT2D eigenvalue weighted by Gasteiger charge is -2.05. The molecule has 0 saturated heterocycles. The van der Waals surface area contributed by atoms with E-state index < -0.39 is 0 Å². The van der Waals surface area contributed by atoms with E-state index in [1.807, 2.05) is 6.20 Å². The largest absolute Gasteiger partial charge is 0.384 e. The van der Waals surface area contributed by atoms with Gasteiger partial charge in [0.2, 0.25) is 0 Å². The van der Waals surface area contributed by atoms with Crippen molar-refractivity contribution in [3.8, 4) is 11.4 Å². The molecule has 0 fully saturated rings. The van der Waals surface area contributed by atoms with Crippen molar-refractivity contribution in [3.63, 3.8) is 0 Å². The normalized spacial score (nSPS) is 11.1. The fourth-order valence-electron chi connectivity index (χ4n) is 2.66. The third kappa shape index (κ3) is 2.69. The lowest BCUT2D eigenvalue weighted by atomic mass is 10.1. The van der Waals surface area contributed by atoms with E-state index in [9.17, 15) is 0 Å². The summed E-state index contributed by atoms with van der Waals surface area (Å²) < 4.78 is 5.26. The van der Waals surface area contributed by atoms with Gasteiger partial charge in [-0.3, -0.25) is 4.98 Å². The molecule has 2 aromatic heterocycles. The van der Waals surface area contributed by atoms with Crippen molar-refractivity contribution in [2.45, 2.75) is 19.8 Å². The average Bonchev–Trinajstić information content (AvgIpc) is 2.91. The number of pyridine rings is 1. The molecule has 108 valence electrons. The summed E-state index contributed by atoms with van der Waals surface area (Å²) in [4.78, 5) is 8.12. The second kappa shape index (κ2) is 6.10. The Bertz CT molecular complexity index is 729. The quantitative estimate of drug-likeness (QED) is 0.767. The first-order valence-corrected chi connectivity index (χ1v) is 7.37. The minimum atomic E-state index is 0.710. The molecule has 0 unspecified atom stereocenters. The van der Waals surface area contributed by atoms with E-state index in [0.29, 0.717) is 6.61 Å². The number of hydrogen-bond acceptors (Lipinski definition) is 2. The topological polar surface area (TPSA) is 37.9 Å². The number of nitrogens with one attached hydrogen (secondary N) is 1. The van der Waals surface area contributed by atoms with E-state index in [-0.39, 0.29) is 0 Å². The second-order valence-corrected chi connectivity index (χ2v) is 5.17. The molecule has 0 aliphatic carbocycles. The minimum absolute atomic E-state index is 0.710. The third-order valence-electron chi connectivity index (χ3n) is 3.86. The van der Waals surface area contributed by atoms with Gasteiger partial charge in [-0.25, -0.2) is 0 Å². The number of benzene rings is 1. The molecular weight excluding hydrogens is 260 g/mol. The van der Waals surface area contributed by atoms with Crippen molar-refractivity contribution in [2.24, 2.45) is 0 Å². The Morgan fingerprint density at radius 1 is 1.14 bits per heavy atom. The molecule has 3 heteroatoms. The molecule has 0 aliphatic heterocycles. The molecule has 0 aliphatic rings. The van der Waals surface area contributed by atoms with Gasteiger partial charge in [0, 0.05) is 24.2 Å². The summed E-state index contributed by atoms with van der Waals surface area (Å²) in [5.74, 6) is 0. The molecule has 21 heavy (non-hydrogen) atoms. The molecule has 3 aromatic rings. The first-order valence-electron chi connectivity index (χ1n) is 7.37. The van der Waals surface area contributed by atoms with Gasteiger partial charge >= 0.3 is 0 Å². The number of fused-ring (bicyclic) bond motifs is 1.